The van der Waals surface area contributed by atoms with Crippen LogP contribution >= 0.6 is 0 Å². The van der Waals surface area contributed by atoms with Gasteiger partial charge in [0.2, 0.25) is 0 Å². The molecule has 0 saturated carbocycles. The minimum absolute atomic E-state index is 0.184. The number of fused-ring (bicyclic) bond motifs is 1. The van der Waals surface area contributed by atoms with Crippen molar-refractivity contribution in [2.75, 3.05) is 19.7 Å². The van der Waals surface area contributed by atoms with Crippen molar-refractivity contribution in [3.05, 3.63) is 41.2 Å². The van der Waals surface area contributed by atoms with E-state index < -0.39 is 0 Å². The summed E-state index contributed by atoms with van der Waals surface area (Å²) in [6, 6.07) is 5.37. The second-order valence-electron chi connectivity index (χ2n) is 6.17. The molecule has 3 rings (SSSR count). The molecule has 2 aromatic rings. The van der Waals surface area contributed by atoms with Gasteiger partial charge in [-0.1, -0.05) is 0 Å². The Morgan fingerprint density at radius 1 is 1.42 bits per heavy atom. The number of phenolic OH excluding ortho intramolecular Hbond substituents is 1. The van der Waals surface area contributed by atoms with E-state index in [0.717, 1.165) is 54.5 Å². The number of aromatic nitrogens is 1. The van der Waals surface area contributed by atoms with Crippen LogP contribution in [0.25, 0.3) is 10.9 Å². The molecule has 0 radical (unpaired) electrons. The van der Waals surface area contributed by atoms with Crippen molar-refractivity contribution in [3.63, 3.8) is 0 Å². The highest BCUT2D eigenvalue weighted by atomic mass is 16.5. The SMILES string of the molecule is CCOC(=O)C1=C(C)N(CCc2c[nH]c3ccc(O)cc23)CCC1. The van der Waals surface area contributed by atoms with E-state index in [1.807, 2.05) is 26.1 Å². The zero-order chi connectivity index (χ0) is 17.1. The summed E-state index contributed by atoms with van der Waals surface area (Å²) in [5.41, 5.74) is 4.04. The molecule has 0 fully saturated rings. The summed E-state index contributed by atoms with van der Waals surface area (Å²) in [4.78, 5) is 17.6. The van der Waals surface area contributed by atoms with Crippen LogP contribution in [-0.4, -0.2) is 40.7 Å². The number of hydrogen-bond donors (Lipinski definition) is 2. The average Bonchev–Trinajstić information content (AvgIpc) is 2.96. The Morgan fingerprint density at radius 2 is 2.25 bits per heavy atom. The molecule has 5 nitrogen and oxygen atoms in total. The summed E-state index contributed by atoms with van der Waals surface area (Å²) < 4.78 is 5.17. The van der Waals surface area contributed by atoms with E-state index in [-0.39, 0.29) is 11.7 Å². The van der Waals surface area contributed by atoms with Gasteiger partial charge in [0.05, 0.1) is 12.2 Å². The molecule has 2 N–H and O–H groups in total. The number of aromatic hydroxyl groups is 1. The van der Waals surface area contributed by atoms with E-state index in [2.05, 4.69) is 9.88 Å². The van der Waals surface area contributed by atoms with E-state index >= 15 is 0 Å². The highest BCUT2D eigenvalue weighted by molar-refractivity contribution is 5.89. The normalized spacial score (nSPS) is 15.2. The number of nitrogens with one attached hydrogen (secondary N) is 1. The smallest absolute Gasteiger partial charge is 0.335 e. The Kier molecular flexibility index (Phi) is 4.79. The number of nitrogens with zero attached hydrogens (tertiary/aromatic N) is 1. The molecule has 0 atom stereocenters. The third-order valence-corrected chi connectivity index (χ3v) is 4.69. The van der Waals surface area contributed by atoms with Crippen molar-refractivity contribution in [1.29, 1.82) is 0 Å². The fourth-order valence-electron chi connectivity index (χ4n) is 3.36. The number of allylic oxidation sites excluding steroid dienone is 1. The molecular formula is C19H24N2O3. The molecule has 1 aromatic carbocycles. The molecule has 0 spiro atoms. The molecular weight excluding hydrogens is 304 g/mol. The van der Waals surface area contributed by atoms with Crippen LogP contribution in [-0.2, 0) is 16.0 Å². The molecule has 0 amide bonds. The van der Waals surface area contributed by atoms with Crippen molar-refractivity contribution < 1.29 is 14.6 Å². The summed E-state index contributed by atoms with van der Waals surface area (Å²) in [5.74, 6) is 0.0960. The van der Waals surface area contributed by atoms with Gasteiger partial charge in [-0.05, 0) is 56.9 Å². The number of carbonyl (C=O) groups excluding carboxylic acids is 1. The molecule has 1 aliphatic heterocycles. The zero-order valence-electron chi connectivity index (χ0n) is 14.3. The lowest BCUT2D eigenvalue weighted by Crippen LogP contribution is -2.31. The number of esters is 1. The molecule has 0 bridgehead atoms. The summed E-state index contributed by atoms with van der Waals surface area (Å²) in [6.45, 7) is 6.06. The van der Waals surface area contributed by atoms with E-state index in [9.17, 15) is 9.90 Å². The number of rotatable bonds is 5. The van der Waals surface area contributed by atoms with Gasteiger partial charge in [0.15, 0.2) is 0 Å². The molecule has 1 aromatic heterocycles. The van der Waals surface area contributed by atoms with Crippen LogP contribution in [0, 0.1) is 0 Å². The molecule has 0 aliphatic carbocycles. The van der Waals surface area contributed by atoms with E-state index in [1.54, 1.807) is 12.1 Å². The Morgan fingerprint density at radius 3 is 3.04 bits per heavy atom. The first kappa shape index (κ1) is 16.4. The fourth-order valence-corrected chi connectivity index (χ4v) is 3.36. The van der Waals surface area contributed by atoms with E-state index in [4.69, 9.17) is 4.74 Å². The summed E-state index contributed by atoms with van der Waals surface area (Å²) in [6.07, 6.45) is 4.62. The Balaban J connectivity index is 1.74. The van der Waals surface area contributed by atoms with Crippen LogP contribution in [0.2, 0.25) is 0 Å². The molecule has 0 saturated heterocycles. The number of carbonyl (C=O) groups is 1. The molecule has 24 heavy (non-hydrogen) atoms. The highest BCUT2D eigenvalue weighted by Gasteiger charge is 2.22. The molecule has 5 heteroatoms. The quantitative estimate of drug-likeness (QED) is 0.826. The number of H-pyrrole nitrogens is 1. The molecule has 1 aliphatic rings. The lowest BCUT2D eigenvalue weighted by atomic mass is 10.0. The van der Waals surface area contributed by atoms with Crippen LogP contribution in [0.4, 0.5) is 0 Å². The van der Waals surface area contributed by atoms with Crippen molar-refractivity contribution >= 4 is 16.9 Å². The largest absolute Gasteiger partial charge is 0.508 e. The highest BCUT2D eigenvalue weighted by Crippen LogP contribution is 2.26. The van der Waals surface area contributed by atoms with Crippen molar-refractivity contribution in [3.8, 4) is 5.75 Å². The van der Waals surface area contributed by atoms with Crippen molar-refractivity contribution in [1.82, 2.24) is 9.88 Å². The molecule has 2 heterocycles. The lowest BCUT2D eigenvalue weighted by molar-refractivity contribution is -0.139. The maximum atomic E-state index is 12.1. The third kappa shape index (κ3) is 3.25. The minimum Gasteiger partial charge on any atom is -0.508 e. The first-order valence-corrected chi connectivity index (χ1v) is 8.51. The fraction of sp³-hybridized carbons (Fsp3) is 0.421. The third-order valence-electron chi connectivity index (χ3n) is 4.69. The maximum absolute atomic E-state index is 12.1. The van der Waals surface area contributed by atoms with Crippen LogP contribution in [0.15, 0.2) is 35.7 Å². The first-order valence-electron chi connectivity index (χ1n) is 8.51. The molecule has 128 valence electrons. The van der Waals surface area contributed by atoms with Gasteiger partial charge in [-0.15, -0.1) is 0 Å². The van der Waals surface area contributed by atoms with Crippen molar-refractivity contribution in [2.24, 2.45) is 0 Å². The van der Waals surface area contributed by atoms with Gasteiger partial charge in [-0.25, -0.2) is 4.79 Å². The van der Waals surface area contributed by atoms with Crippen LogP contribution in [0.1, 0.15) is 32.3 Å². The summed E-state index contributed by atoms with van der Waals surface area (Å²) in [7, 11) is 0. The maximum Gasteiger partial charge on any atom is 0.335 e. The van der Waals surface area contributed by atoms with E-state index in [0.29, 0.717) is 6.61 Å². The monoisotopic (exact) mass is 328 g/mol. The summed E-state index contributed by atoms with van der Waals surface area (Å²) in [5, 5.41) is 10.8. The number of hydrogen-bond acceptors (Lipinski definition) is 4. The Hall–Kier alpha value is -2.43. The second kappa shape index (κ2) is 6.99. The van der Waals surface area contributed by atoms with Crippen LogP contribution in [0.3, 0.4) is 0 Å². The van der Waals surface area contributed by atoms with Crippen LogP contribution in [0.5, 0.6) is 5.75 Å². The first-order chi connectivity index (χ1) is 11.6. The van der Waals surface area contributed by atoms with Crippen LogP contribution < -0.4 is 0 Å². The predicted octanol–water partition coefficient (Wildman–Crippen LogP) is 3.35. The van der Waals surface area contributed by atoms with E-state index in [1.165, 1.54) is 5.56 Å². The number of benzene rings is 1. The zero-order valence-corrected chi connectivity index (χ0v) is 14.3. The summed E-state index contributed by atoms with van der Waals surface area (Å²) >= 11 is 0. The standard InChI is InChI=1S/C19H24N2O3/c1-3-24-19(23)16-5-4-9-21(13(16)2)10-8-14-12-20-18-7-6-15(22)11-17(14)18/h6-7,11-12,20,22H,3-5,8-10H2,1-2H3. The van der Waals surface area contributed by atoms with Crippen molar-refractivity contribution in [2.45, 2.75) is 33.1 Å². The van der Waals surface area contributed by atoms with Gasteiger partial charge in [-0.3, -0.25) is 0 Å². The second-order valence-corrected chi connectivity index (χ2v) is 6.17. The number of phenols is 1. The number of aromatic amines is 1. The lowest BCUT2D eigenvalue weighted by Gasteiger charge is -2.31. The van der Waals surface area contributed by atoms with Gasteiger partial charge in [0.1, 0.15) is 5.75 Å². The van der Waals surface area contributed by atoms with Gasteiger partial charge >= 0.3 is 5.97 Å². The van der Waals surface area contributed by atoms with Gasteiger partial charge < -0.3 is 19.7 Å². The van der Waals surface area contributed by atoms with Gasteiger partial charge in [0.25, 0.3) is 0 Å². The average molecular weight is 328 g/mol. The Labute approximate surface area is 141 Å². The van der Waals surface area contributed by atoms with Gasteiger partial charge in [-0.2, -0.15) is 0 Å². The van der Waals surface area contributed by atoms with Gasteiger partial charge in [0, 0.05) is 35.9 Å². The molecule has 0 unspecified atom stereocenters. The number of ether oxygens (including phenoxy) is 1. The minimum atomic E-state index is -0.184. The predicted molar refractivity (Wildman–Crippen MR) is 93.8 cm³/mol. The Bertz CT molecular complexity index is 776. The topological polar surface area (TPSA) is 65.6 Å².